The Balaban J connectivity index is 3.03. The topological polar surface area (TPSA) is 83.6 Å². The summed E-state index contributed by atoms with van der Waals surface area (Å²) < 4.78 is 25.7. The van der Waals surface area contributed by atoms with Gasteiger partial charge in [-0.15, -0.1) is 0 Å². The quantitative estimate of drug-likeness (QED) is 0.709. The number of benzene rings is 1. The van der Waals surface area contributed by atoms with E-state index in [9.17, 15) is 13.6 Å². The van der Waals surface area contributed by atoms with Gasteiger partial charge in [0.25, 0.3) is 0 Å². The van der Waals surface area contributed by atoms with Crippen LogP contribution in [0.1, 0.15) is 18.0 Å². The summed E-state index contributed by atoms with van der Waals surface area (Å²) >= 11 is 0. The van der Waals surface area contributed by atoms with Crippen molar-refractivity contribution < 1.29 is 23.8 Å². The number of nitrogens with two attached hydrogens (primary N) is 1. The fraction of sp³-hybridized carbons (Fsp3) is 0.222. The Hall–Kier alpha value is -1.69. The van der Waals surface area contributed by atoms with Gasteiger partial charge in [-0.05, 0) is 6.07 Å². The van der Waals surface area contributed by atoms with E-state index < -0.39 is 35.8 Å². The molecule has 0 aliphatic rings. The molecule has 1 atom stereocenters. The maximum Gasteiger partial charge on any atom is 0.305 e. The van der Waals surface area contributed by atoms with Crippen LogP contribution in [-0.4, -0.2) is 16.2 Å². The molecular formula is C9H9F2NO3. The molecule has 0 amide bonds. The Morgan fingerprint density at radius 1 is 1.40 bits per heavy atom. The predicted molar refractivity (Wildman–Crippen MR) is 47.2 cm³/mol. The number of aliphatic carboxylic acids is 1. The second kappa shape index (κ2) is 4.22. The average Bonchev–Trinajstić information content (AvgIpc) is 2.09. The monoisotopic (exact) mass is 217 g/mol. The molecule has 0 aliphatic carbocycles. The summed E-state index contributed by atoms with van der Waals surface area (Å²) in [6.45, 7) is 0. The first-order valence-electron chi connectivity index (χ1n) is 4.07. The van der Waals surface area contributed by atoms with E-state index in [0.29, 0.717) is 6.07 Å². The van der Waals surface area contributed by atoms with E-state index >= 15 is 0 Å². The molecule has 0 heterocycles. The Morgan fingerprint density at radius 3 is 2.53 bits per heavy atom. The molecule has 0 saturated carbocycles. The molecule has 1 aromatic carbocycles. The van der Waals surface area contributed by atoms with Gasteiger partial charge in [-0.3, -0.25) is 4.79 Å². The van der Waals surface area contributed by atoms with Crippen LogP contribution in [0.4, 0.5) is 8.78 Å². The van der Waals surface area contributed by atoms with Crippen molar-refractivity contribution in [1.82, 2.24) is 0 Å². The van der Waals surface area contributed by atoms with E-state index in [4.69, 9.17) is 15.9 Å². The predicted octanol–water partition coefficient (Wildman–Crippen LogP) is 1.14. The fourth-order valence-electron chi connectivity index (χ4n) is 1.14. The minimum atomic E-state index is -1.20. The molecule has 0 fully saturated rings. The summed E-state index contributed by atoms with van der Waals surface area (Å²) in [6.07, 6.45) is -0.498. The highest BCUT2D eigenvalue weighted by atomic mass is 19.1. The number of aromatic hydroxyl groups is 1. The highest BCUT2D eigenvalue weighted by Crippen LogP contribution is 2.25. The molecular weight excluding hydrogens is 208 g/mol. The van der Waals surface area contributed by atoms with Crippen molar-refractivity contribution in [3.63, 3.8) is 0 Å². The first-order valence-corrected chi connectivity index (χ1v) is 4.07. The Labute approximate surface area is 83.9 Å². The number of phenolic OH excluding ortho intramolecular Hbond substituents is 1. The van der Waals surface area contributed by atoms with Gasteiger partial charge in [-0.25, -0.2) is 8.78 Å². The van der Waals surface area contributed by atoms with Crippen LogP contribution in [0.5, 0.6) is 5.75 Å². The normalized spacial score (nSPS) is 12.5. The molecule has 4 nitrogen and oxygen atoms in total. The Bertz CT molecular complexity index is 395. The smallest absolute Gasteiger partial charge is 0.305 e. The van der Waals surface area contributed by atoms with Crippen molar-refractivity contribution in [2.24, 2.45) is 5.73 Å². The summed E-state index contributed by atoms with van der Waals surface area (Å²) in [7, 11) is 0. The van der Waals surface area contributed by atoms with Gasteiger partial charge in [0.15, 0.2) is 11.6 Å². The van der Waals surface area contributed by atoms with E-state index in [1.165, 1.54) is 0 Å². The number of carbonyl (C=O) groups is 1. The zero-order chi connectivity index (χ0) is 11.6. The standard InChI is InChI=1S/C9H9F2NO3/c10-5-2-6(11)8(13)1-4(5)7(12)3-9(14)15/h1-2,7,13H,3,12H2,(H,14,15). The third kappa shape index (κ3) is 2.63. The van der Waals surface area contributed by atoms with Crippen molar-refractivity contribution in [3.8, 4) is 5.75 Å². The molecule has 6 heteroatoms. The molecule has 1 unspecified atom stereocenters. The van der Waals surface area contributed by atoms with Crippen LogP contribution in [-0.2, 0) is 4.79 Å². The van der Waals surface area contributed by atoms with Gasteiger partial charge in [0.2, 0.25) is 0 Å². The van der Waals surface area contributed by atoms with E-state index in [2.05, 4.69) is 0 Å². The first kappa shape index (κ1) is 11.4. The summed E-state index contributed by atoms with van der Waals surface area (Å²) in [4.78, 5) is 10.3. The van der Waals surface area contributed by atoms with Crippen LogP contribution in [0.25, 0.3) is 0 Å². The lowest BCUT2D eigenvalue weighted by atomic mass is 10.0. The average molecular weight is 217 g/mol. The summed E-state index contributed by atoms with van der Waals surface area (Å²) in [5.74, 6) is -4.05. The van der Waals surface area contributed by atoms with Crippen LogP contribution in [0, 0.1) is 11.6 Å². The number of rotatable bonds is 3. The van der Waals surface area contributed by atoms with Gasteiger partial charge >= 0.3 is 5.97 Å². The Kier molecular flexibility index (Phi) is 3.21. The minimum Gasteiger partial charge on any atom is -0.505 e. The number of phenols is 1. The number of carboxylic acid groups (broad SMARTS) is 1. The summed E-state index contributed by atoms with van der Waals surface area (Å²) in [6, 6.07) is 0.138. The van der Waals surface area contributed by atoms with Crippen molar-refractivity contribution in [1.29, 1.82) is 0 Å². The van der Waals surface area contributed by atoms with Gasteiger partial charge in [-0.2, -0.15) is 0 Å². The van der Waals surface area contributed by atoms with Gasteiger partial charge in [0.1, 0.15) is 5.82 Å². The van der Waals surface area contributed by atoms with Gasteiger partial charge in [0.05, 0.1) is 6.42 Å². The van der Waals surface area contributed by atoms with Crippen LogP contribution in [0.2, 0.25) is 0 Å². The fourth-order valence-corrected chi connectivity index (χ4v) is 1.14. The molecule has 0 radical (unpaired) electrons. The second-order valence-corrected chi connectivity index (χ2v) is 3.03. The lowest BCUT2D eigenvalue weighted by Gasteiger charge is -2.11. The number of hydrogen-bond acceptors (Lipinski definition) is 3. The van der Waals surface area contributed by atoms with Gasteiger partial charge in [0, 0.05) is 17.7 Å². The highest BCUT2D eigenvalue weighted by Gasteiger charge is 2.17. The van der Waals surface area contributed by atoms with E-state index in [1.54, 1.807) is 0 Å². The van der Waals surface area contributed by atoms with Crippen LogP contribution >= 0.6 is 0 Å². The zero-order valence-electron chi connectivity index (χ0n) is 7.58. The first-order chi connectivity index (χ1) is 6.91. The molecule has 0 saturated heterocycles. The van der Waals surface area contributed by atoms with Crippen molar-refractivity contribution >= 4 is 5.97 Å². The van der Waals surface area contributed by atoms with Crippen molar-refractivity contribution in [3.05, 3.63) is 29.3 Å². The molecule has 0 aliphatic heterocycles. The molecule has 1 rings (SSSR count). The largest absolute Gasteiger partial charge is 0.505 e. The molecule has 0 bridgehead atoms. The lowest BCUT2D eigenvalue weighted by Crippen LogP contribution is -2.16. The van der Waals surface area contributed by atoms with Crippen molar-refractivity contribution in [2.45, 2.75) is 12.5 Å². The second-order valence-electron chi connectivity index (χ2n) is 3.03. The number of halogens is 2. The summed E-state index contributed by atoms with van der Waals surface area (Å²) in [5, 5.41) is 17.4. The molecule has 1 aromatic rings. The van der Waals surface area contributed by atoms with E-state index in [0.717, 1.165) is 6.07 Å². The molecule has 4 N–H and O–H groups in total. The van der Waals surface area contributed by atoms with Crippen LogP contribution in [0.3, 0.4) is 0 Å². The van der Waals surface area contributed by atoms with Gasteiger partial charge < -0.3 is 15.9 Å². The third-order valence-corrected chi connectivity index (χ3v) is 1.86. The highest BCUT2D eigenvalue weighted by molar-refractivity contribution is 5.68. The van der Waals surface area contributed by atoms with Crippen molar-refractivity contribution in [2.75, 3.05) is 0 Å². The third-order valence-electron chi connectivity index (χ3n) is 1.86. The molecule has 0 aromatic heterocycles. The molecule has 82 valence electrons. The summed E-state index contributed by atoms with van der Waals surface area (Å²) in [5.41, 5.74) is 5.14. The van der Waals surface area contributed by atoms with Crippen LogP contribution < -0.4 is 5.73 Å². The lowest BCUT2D eigenvalue weighted by molar-refractivity contribution is -0.137. The zero-order valence-corrected chi connectivity index (χ0v) is 7.58. The maximum atomic E-state index is 13.1. The Morgan fingerprint density at radius 2 is 2.00 bits per heavy atom. The number of carboxylic acids is 1. The van der Waals surface area contributed by atoms with Crippen LogP contribution in [0.15, 0.2) is 12.1 Å². The van der Waals surface area contributed by atoms with Gasteiger partial charge in [-0.1, -0.05) is 0 Å². The van der Waals surface area contributed by atoms with E-state index in [1.807, 2.05) is 0 Å². The minimum absolute atomic E-state index is 0.226. The van der Waals surface area contributed by atoms with E-state index in [-0.39, 0.29) is 5.56 Å². The molecule has 15 heavy (non-hydrogen) atoms. The molecule has 0 spiro atoms. The maximum absolute atomic E-state index is 13.1. The SMILES string of the molecule is NC(CC(=O)O)c1cc(O)c(F)cc1F. The number of hydrogen-bond donors (Lipinski definition) is 3.